The van der Waals surface area contributed by atoms with Gasteiger partial charge in [0.2, 0.25) is 0 Å². The third-order valence-electron chi connectivity index (χ3n) is 5.38. The van der Waals surface area contributed by atoms with Crippen LogP contribution in [0.15, 0.2) is 33.7 Å². The largest absolute Gasteiger partial charge is 0.381 e. The van der Waals surface area contributed by atoms with Crippen molar-refractivity contribution < 1.29 is 9.53 Å². The van der Waals surface area contributed by atoms with Crippen LogP contribution < -0.4 is 10.9 Å². The van der Waals surface area contributed by atoms with Crippen molar-refractivity contribution in [1.29, 1.82) is 0 Å². The highest BCUT2D eigenvalue weighted by atomic mass is 79.9. The molecule has 0 unspecified atom stereocenters. The average Bonchev–Trinajstić information content (AvgIpc) is 3.10. The number of aromatic amines is 1. The van der Waals surface area contributed by atoms with E-state index in [2.05, 4.69) is 31.3 Å². The molecule has 0 aliphatic carbocycles. The molecular weight excluding hydrogens is 436 g/mol. The number of H-pyrrole nitrogens is 1. The van der Waals surface area contributed by atoms with Crippen LogP contribution in [0.1, 0.15) is 46.1 Å². The van der Waals surface area contributed by atoms with Crippen molar-refractivity contribution in [2.75, 3.05) is 13.2 Å². The molecule has 8 heteroatoms. The molecule has 1 aliphatic heterocycles. The molecule has 0 bridgehead atoms. The Bertz CT molecular complexity index is 1130. The summed E-state index contributed by atoms with van der Waals surface area (Å²) in [5.41, 5.74) is 3.51. The monoisotopic (exact) mass is 458 g/mol. The quantitative estimate of drug-likeness (QED) is 0.626. The Balaban J connectivity index is 1.63. The fraction of sp³-hybridized carbons (Fsp3) is 0.381. The second-order valence-corrected chi connectivity index (χ2v) is 8.36. The van der Waals surface area contributed by atoms with Gasteiger partial charge in [-0.05, 0) is 50.5 Å². The fourth-order valence-electron chi connectivity index (χ4n) is 3.88. The van der Waals surface area contributed by atoms with Gasteiger partial charge < -0.3 is 15.0 Å². The first-order chi connectivity index (χ1) is 13.9. The minimum atomic E-state index is -0.234. The van der Waals surface area contributed by atoms with Crippen LogP contribution in [0.3, 0.4) is 0 Å². The summed E-state index contributed by atoms with van der Waals surface area (Å²) in [4.78, 5) is 28.0. The van der Waals surface area contributed by atoms with Gasteiger partial charge in [0.05, 0.1) is 23.3 Å². The normalized spacial score (nSPS) is 15.0. The molecule has 0 radical (unpaired) electrons. The molecule has 0 saturated carbocycles. The Labute approximate surface area is 176 Å². The first kappa shape index (κ1) is 19.8. The minimum Gasteiger partial charge on any atom is -0.381 e. The summed E-state index contributed by atoms with van der Waals surface area (Å²) >= 11 is 3.52. The van der Waals surface area contributed by atoms with E-state index in [0.29, 0.717) is 11.1 Å². The molecule has 4 rings (SSSR count). The van der Waals surface area contributed by atoms with E-state index in [-0.39, 0.29) is 24.1 Å². The average molecular weight is 459 g/mol. The maximum atomic E-state index is 13.0. The predicted molar refractivity (Wildman–Crippen MR) is 114 cm³/mol. The van der Waals surface area contributed by atoms with Gasteiger partial charge in [-0.15, -0.1) is 0 Å². The molecule has 1 saturated heterocycles. The number of ether oxygens (including phenoxy) is 1. The van der Waals surface area contributed by atoms with Crippen LogP contribution in [0.2, 0.25) is 0 Å². The van der Waals surface area contributed by atoms with Crippen LogP contribution in [-0.4, -0.2) is 33.9 Å². The van der Waals surface area contributed by atoms with Crippen molar-refractivity contribution in [3.05, 3.63) is 61.6 Å². The number of aryl methyl sites for hydroxylation is 2. The second-order valence-electron chi connectivity index (χ2n) is 7.44. The molecule has 2 N–H and O–H groups in total. The summed E-state index contributed by atoms with van der Waals surface area (Å²) in [5.74, 6) is -0.234. The molecule has 0 spiro atoms. The van der Waals surface area contributed by atoms with Crippen LogP contribution in [0.5, 0.6) is 0 Å². The molecule has 7 nitrogen and oxygen atoms in total. The Morgan fingerprint density at radius 3 is 2.79 bits per heavy atom. The number of rotatable bonds is 4. The Morgan fingerprint density at radius 2 is 2.07 bits per heavy atom. The molecule has 29 heavy (non-hydrogen) atoms. The maximum Gasteiger partial charge on any atom is 0.253 e. The number of benzene rings is 1. The molecule has 152 valence electrons. The van der Waals surface area contributed by atoms with Gasteiger partial charge in [-0.2, -0.15) is 5.10 Å². The predicted octanol–water partition coefficient (Wildman–Crippen LogP) is 3.39. The van der Waals surface area contributed by atoms with Crippen molar-refractivity contribution in [3.8, 4) is 0 Å². The summed E-state index contributed by atoms with van der Waals surface area (Å²) in [5, 5.41) is 8.25. The molecule has 3 aromatic rings. The first-order valence-corrected chi connectivity index (χ1v) is 10.5. The zero-order valence-corrected chi connectivity index (χ0v) is 18.0. The number of carbonyl (C=O) groups excluding carboxylic acids is 1. The summed E-state index contributed by atoms with van der Waals surface area (Å²) in [6.45, 7) is 5.32. The van der Waals surface area contributed by atoms with E-state index in [0.717, 1.165) is 52.7 Å². The Morgan fingerprint density at radius 1 is 1.31 bits per heavy atom. The zero-order valence-electron chi connectivity index (χ0n) is 16.4. The number of nitrogens with zero attached hydrogens (tertiary/aromatic N) is 2. The SMILES string of the molecule is Cc1cc(C)c(CNC(=O)c2cc(Br)cc3c2cnn3C2CCOCC2)c(=O)[nH]1. The molecule has 1 fully saturated rings. The molecule has 2 aromatic heterocycles. The molecule has 1 amide bonds. The number of aromatic nitrogens is 3. The smallest absolute Gasteiger partial charge is 0.253 e. The number of hydrogen-bond donors (Lipinski definition) is 2. The second kappa shape index (κ2) is 8.12. The summed E-state index contributed by atoms with van der Waals surface area (Å²) in [6, 6.07) is 5.95. The summed E-state index contributed by atoms with van der Waals surface area (Å²) in [6.07, 6.45) is 3.55. The van der Waals surface area contributed by atoms with Gasteiger partial charge in [-0.1, -0.05) is 15.9 Å². The number of fused-ring (bicyclic) bond motifs is 1. The third-order valence-corrected chi connectivity index (χ3v) is 5.84. The van der Waals surface area contributed by atoms with Crippen LogP contribution >= 0.6 is 15.9 Å². The maximum absolute atomic E-state index is 13.0. The Kier molecular flexibility index (Phi) is 5.56. The molecule has 3 heterocycles. The lowest BCUT2D eigenvalue weighted by atomic mass is 10.1. The Hall–Kier alpha value is -2.45. The van der Waals surface area contributed by atoms with Gasteiger partial charge in [0, 0.05) is 40.9 Å². The van der Waals surface area contributed by atoms with E-state index in [9.17, 15) is 9.59 Å². The number of carbonyl (C=O) groups is 1. The van der Waals surface area contributed by atoms with Crippen molar-refractivity contribution >= 4 is 32.7 Å². The molecule has 0 atom stereocenters. The lowest BCUT2D eigenvalue weighted by Gasteiger charge is -2.23. The van der Waals surface area contributed by atoms with Gasteiger partial charge in [-0.25, -0.2) is 0 Å². The van der Waals surface area contributed by atoms with Gasteiger partial charge in [0.25, 0.3) is 11.5 Å². The number of hydrogen-bond acceptors (Lipinski definition) is 4. The van der Waals surface area contributed by atoms with E-state index in [1.54, 1.807) is 12.3 Å². The van der Waals surface area contributed by atoms with E-state index in [1.165, 1.54) is 0 Å². The van der Waals surface area contributed by atoms with Crippen LogP contribution in [0, 0.1) is 13.8 Å². The highest BCUT2D eigenvalue weighted by Crippen LogP contribution is 2.29. The molecule has 1 aromatic carbocycles. The fourth-order valence-corrected chi connectivity index (χ4v) is 4.33. The van der Waals surface area contributed by atoms with E-state index in [1.807, 2.05) is 30.7 Å². The molecular formula is C21H23BrN4O3. The van der Waals surface area contributed by atoms with Crippen molar-refractivity contribution in [1.82, 2.24) is 20.1 Å². The number of halogens is 1. The molecule has 1 aliphatic rings. The van der Waals surface area contributed by atoms with Crippen LogP contribution in [0.25, 0.3) is 10.9 Å². The van der Waals surface area contributed by atoms with Crippen molar-refractivity contribution in [2.45, 2.75) is 39.3 Å². The van der Waals surface area contributed by atoms with Crippen molar-refractivity contribution in [2.24, 2.45) is 0 Å². The van der Waals surface area contributed by atoms with Crippen LogP contribution in [-0.2, 0) is 11.3 Å². The van der Waals surface area contributed by atoms with Gasteiger partial charge in [0.1, 0.15) is 0 Å². The number of pyridine rings is 1. The van der Waals surface area contributed by atoms with Gasteiger partial charge in [0.15, 0.2) is 0 Å². The first-order valence-electron chi connectivity index (χ1n) is 9.66. The van der Waals surface area contributed by atoms with E-state index >= 15 is 0 Å². The standard InChI is InChI=1S/C21H23BrN4O3/c1-12-7-13(2)25-21(28)17(12)10-23-20(27)16-8-14(22)9-19-18(16)11-24-26(19)15-3-5-29-6-4-15/h7-9,11,15H,3-6,10H2,1-2H3,(H,23,27)(H,25,28). The van der Waals surface area contributed by atoms with Crippen LogP contribution in [0.4, 0.5) is 0 Å². The van der Waals surface area contributed by atoms with Gasteiger partial charge in [-0.3, -0.25) is 14.3 Å². The lowest BCUT2D eigenvalue weighted by molar-refractivity contribution is 0.0674. The highest BCUT2D eigenvalue weighted by Gasteiger charge is 2.21. The number of amides is 1. The van der Waals surface area contributed by atoms with E-state index < -0.39 is 0 Å². The highest BCUT2D eigenvalue weighted by molar-refractivity contribution is 9.10. The minimum absolute atomic E-state index is 0.169. The van der Waals surface area contributed by atoms with E-state index in [4.69, 9.17) is 4.74 Å². The zero-order chi connectivity index (χ0) is 20.5. The summed E-state index contributed by atoms with van der Waals surface area (Å²) in [7, 11) is 0. The van der Waals surface area contributed by atoms with Crippen molar-refractivity contribution in [3.63, 3.8) is 0 Å². The third kappa shape index (κ3) is 4.00. The van der Waals surface area contributed by atoms with Gasteiger partial charge >= 0.3 is 0 Å². The summed E-state index contributed by atoms with van der Waals surface area (Å²) < 4.78 is 8.26. The number of nitrogens with one attached hydrogen (secondary N) is 2. The topological polar surface area (TPSA) is 89.0 Å². The lowest BCUT2D eigenvalue weighted by Crippen LogP contribution is -2.28.